The Morgan fingerprint density at radius 2 is 1.95 bits per heavy atom. The van der Waals surface area contributed by atoms with Crippen LogP contribution in [0, 0.1) is 0 Å². The number of carbonyl (C=O) groups excluding carboxylic acids is 1. The van der Waals surface area contributed by atoms with Gasteiger partial charge in [0, 0.05) is 19.1 Å². The van der Waals surface area contributed by atoms with Crippen LogP contribution in [0.15, 0.2) is 6.07 Å². The smallest absolute Gasteiger partial charge is 0.263 e. The minimum Gasteiger partial charge on any atom is -0.397 e. The second kappa shape index (κ2) is 5.41. The lowest BCUT2D eigenvalue weighted by molar-refractivity contribution is 0.0956. The number of hydrogen-bond acceptors (Lipinski definition) is 4. The third-order valence-corrected chi connectivity index (χ3v) is 4.99. The molecule has 3 rings (SSSR count). The maximum atomic E-state index is 12.1. The molecular weight excluding hydrogens is 258 g/mol. The number of hydrogen-bond donors (Lipinski definition) is 2. The van der Waals surface area contributed by atoms with E-state index >= 15 is 0 Å². The largest absolute Gasteiger partial charge is 0.397 e. The summed E-state index contributed by atoms with van der Waals surface area (Å²) in [6.07, 6.45) is 7.31. The number of carbonyl (C=O) groups is 1. The number of amides is 1. The van der Waals surface area contributed by atoms with Crippen LogP contribution in [0.1, 0.15) is 48.2 Å². The molecule has 1 aromatic rings. The Hall–Kier alpha value is -1.23. The topological polar surface area (TPSA) is 58.4 Å². The fourth-order valence-electron chi connectivity index (χ4n) is 2.49. The molecule has 0 spiro atoms. The first-order valence-corrected chi connectivity index (χ1v) is 8.01. The first-order valence-electron chi connectivity index (χ1n) is 7.19. The minimum atomic E-state index is 0.00562. The maximum Gasteiger partial charge on any atom is 0.263 e. The van der Waals surface area contributed by atoms with Crippen LogP contribution in [0.2, 0.25) is 0 Å². The monoisotopic (exact) mass is 279 g/mol. The Morgan fingerprint density at radius 1 is 1.26 bits per heavy atom. The second-order valence-electron chi connectivity index (χ2n) is 5.52. The molecule has 0 atom stereocenters. The highest BCUT2D eigenvalue weighted by molar-refractivity contribution is 7.18. The van der Waals surface area contributed by atoms with Crippen molar-refractivity contribution in [2.75, 3.05) is 23.7 Å². The summed E-state index contributed by atoms with van der Waals surface area (Å²) in [5.41, 5.74) is 6.63. The fraction of sp³-hybridized carbons (Fsp3) is 0.643. The van der Waals surface area contributed by atoms with Crippen LogP contribution in [0.5, 0.6) is 0 Å². The molecule has 5 heteroatoms. The first kappa shape index (κ1) is 12.8. The van der Waals surface area contributed by atoms with Crippen LogP contribution < -0.4 is 16.0 Å². The van der Waals surface area contributed by atoms with Gasteiger partial charge >= 0.3 is 0 Å². The third kappa shape index (κ3) is 3.03. The van der Waals surface area contributed by atoms with Crippen molar-refractivity contribution in [2.45, 2.75) is 44.6 Å². The van der Waals surface area contributed by atoms with E-state index in [1.165, 1.54) is 25.7 Å². The van der Waals surface area contributed by atoms with Crippen LogP contribution in [-0.4, -0.2) is 25.0 Å². The SMILES string of the molecule is Nc1cc(N2CCCCCC2)sc1C(=O)NC1CC1. The Labute approximate surface area is 118 Å². The van der Waals surface area contributed by atoms with Crippen molar-refractivity contribution in [1.29, 1.82) is 0 Å². The Morgan fingerprint density at radius 3 is 2.58 bits per heavy atom. The van der Waals surface area contributed by atoms with Gasteiger partial charge in [-0.05, 0) is 31.7 Å². The molecule has 4 nitrogen and oxygen atoms in total. The highest BCUT2D eigenvalue weighted by atomic mass is 32.1. The molecule has 0 bridgehead atoms. The molecule has 2 aliphatic rings. The van der Waals surface area contributed by atoms with Crippen molar-refractivity contribution in [2.24, 2.45) is 0 Å². The van der Waals surface area contributed by atoms with Crippen molar-refractivity contribution in [3.63, 3.8) is 0 Å². The molecule has 1 saturated carbocycles. The Balaban J connectivity index is 1.73. The standard InChI is InChI=1S/C14H21N3OS/c15-11-9-12(17-7-3-1-2-4-8-17)19-13(11)14(18)16-10-5-6-10/h9-10H,1-8,15H2,(H,16,18). The van der Waals surface area contributed by atoms with Gasteiger partial charge in [-0.3, -0.25) is 4.79 Å². The molecule has 0 radical (unpaired) electrons. The lowest BCUT2D eigenvalue weighted by Gasteiger charge is -2.19. The van der Waals surface area contributed by atoms with E-state index in [0.29, 0.717) is 16.6 Å². The van der Waals surface area contributed by atoms with Crippen LogP contribution >= 0.6 is 11.3 Å². The number of anilines is 2. The fourth-order valence-corrected chi connectivity index (χ4v) is 3.53. The number of thiophene rings is 1. The van der Waals surface area contributed by atoms with Gasteiger partial charge in [0.1, 0.15) is 4.88 Å². The molecule has 1 aromatic heterocycles. The van der Waals surface area contributed by atoms with Gasteiger partial charge in [-0.15, -0.1) is 11.3 Å². The zero-order chi connectivity index (χ0) is 13.2. The van der Waals surface area contributed by atoms with Gasteiger partial charge in [-0.1, -0.05) is 12.8 Å². The molecule has 0 aromatic carbocycles. The van der Waals surface area contributed by atoms with Gasteiger partial charge in [0.25, 0.3) is 5.91 Å². The molecule has 1 saturated heterocycles. The van der Waals surface area contributed by atoms with Gasteiger partial charge in [0.2, 0.25) is 0 Å². The quantitative estimate of drug-likeness (QED) is 0.894. The molecule has 1 aliphatic carbocycles. The summed E-state index contributed by atoms with van der Waals surface area (Å²) in [5, 5.41) is 4.17. The first-order chi connectivity index (χ1) is 9.24. The normalized spacial score (nSPS) is 20.1. The van der Waals surface area contributed by atoms with Crippen LogP contribution in [0.4, 0.5) is 10.7 Å². The average Bonchev–Trinajstić information content (AvgIpc) is 3.16. The minimum absolute atomic E-state index is 0.00562. The van der Waals surface area contributed by atoms with E-state index in [1.54, 1.807) is 11.3 Å². The Kier molecular flexibility index (Phi) is 3.64. The summed E-state index contributed by atoms with van der Waals surface area (Å²) in [4.78, 5) is 15.1. The number of nitrogens with two attached hydrogens (primary N) is 1. The highest BCUT2D eigenvalue weighted by Crippen LogP contribution is 2.34. The van der Waals surface area contributed by atoms with Gasteiger partial charge in [-0.2, -0.15) is 0 Å². The lowest BCUT2D eigenvalue weighted by Crippen LogP contribution is -2.25. The predicted molar refractivity (Wildman–Crippen MR) is 79.9 cm³/mol. The molecule has 1 amide bonds. The molecule has 104 valence electrons. The van der Waals surface area contributed by atoms with Crippen molar-refractivity contribution in [3.05, 3.63) is 10.9 Å². The van der Waals surface area contributed by atoms with Gasteiger partial charge in [0.05, 0.1) is 10.7 Å². The van der Waals surface area contributed by atoms with Gasteiger partial charge in [-0.25, -0.2) is 0 Å². The molecule has 3 N–H and O–H groups in total. The van der Waals surface area contributed by atoms with E-state index < -0.39 is 0 Å². The van der Waals surface area contributed by atoms with Crippen molar-refractivity contribution >= 4 is 27.9 Å². The second-order valence-corrected chi connectivity index (χ2v) is 6.55. The predicted octanol–water partition coefficient (Wildman–Crippen LogP) is 2.60. The summed E-state index contributed by atoms with van der Waals surface area (Å²) in [5.74, 6) is 0.00562. The third-order valence-electron chi connectivity index (χ3n) is 3.78. The van der Waals surface area contributed by atoms with Crippen molar-refractivity contribution in [3.8, 4) is 0 Å². The van der Waals surface area contributed by atoms with Crippen molar-refractivity contribution in [1.82, 2.24) is 5.32 Å². The van der Waals surface area contributed by atoms with E-state index in [4.69, 9.17) is 5.73 Å². The summed E-state index contributed by atoms with van der Waals surface area (Å²) in [6.45, 7) is 2.17. The van der Waals surface area contributed by atoms with Gasteiger partial charge in [0.15, 0.2) is 0 Å². The number of rotatable bonds is 3. The van der Waals surface area contributed by atoms with E-state index in [2.05, 4.69) is 10.2 Å². The van der Waals surface area contributed by atoms with Crippen LogP contribution in [0.25, 0.3) is 0 Å². The van der Waals surface area contributed by atoms with E-state index in [0.717, 1.165) is 30.9 Å². The summed E-state index contributed by atoms with van der Waals surface area (Å²) in [7, 11) is 0. The van der Waals surface area contributed by atoms with E-state index in [9.17, 15) is 4.79 Å². The zero-order valence-electron chi connectivity index (χ0n) is 11.2. The summed E-state index contributed by atoms with van der Waals surface area (Å²) >= 11 is 1.54. The summed E-state index contributed by atoms with van der Waals surface area (Å²) in [6, 6.07) is 2.35. The summed E-state index contributed by atoms with van der Waals surface area (Å²) < 4.78 is 0. The number of nitrogens with zero attached hydrogens (tertiary/aromatic N) is 1. The van der Waals surface area contributed by atoms with Crippen molar-refractivity contribution < 1.29 is 4.79 Å². The van der Waals surface area contributed by atoms with E-state index in [1.807, 2.05) is 6.07 Å². The zero-order valence-corrected chi connectivity index (χ0v) is 12.0. The molecule has 19 heavy (non-hydrogen) atoms. The molecule has 0 unspecified atom stereocenters. The van der Waals surface area contributed by atoms with E-state index in [-0.39, 0.29) is 5.91 Å². The van der Waals surface area contributed by atoms with Crippen LogP contribution in [0.3, 0.4) is 0 Å². The number of nitrogen functional groups attached to an aromatic ring is 1. The molecule has 2 fully saturated rings. The molecule has 2 heterocycles. The lowest BCUT2D eigenvalue weighted by atomic mass is 10.2. The average molecular weight is 279 g/mol. The number of nitrogens with one attached hydrogen (secondary N) is 1. The highest BCUT2D eigenvalue weighted by Gasteiger charge is 2.26. The molecular formula is C14H21N3OS. The van der Waals surface area contributed by atoms with Gasteiger partial charge < -0.3 is 16.0 Å². The Bertz CT molecular complexity index is 459. The molecule has 1 aliphatic heterocycles. The maximum absolute atomic E-state index is 12.1. The van der Waals surface area contributed by atoms with Crippen LogP contribution in [-0.2, 0) is 0 Å².